The van der Waals surface area contributed by atoms with Crippen molar-refractivity contribution < 1.29 is 13.6 Å². The Bertz CT molecular complexity index is 522. The van der Waals surface area contributed by atoms with Crippen LogP contribution in [0, 0.1) is 11.6 Å². The lowest BCUT2D eigenvalue weighted by atomic mass is 10.2. The van der Waals surface area contributed by atoms with Gasteiger partial charge in [0.1, 0.15) is 11.6 Å². The minimum atomic E-state index is -0.501. The monoisotopic (exact) mass is 222 g/mol. The quantitative estimate of drug-likeness (QED) is 0.744. The smallest absolute Gasteiger partial charge is 0.153 e. The molecule has 0 unspecified atom stereocenters. The first-order valence-electron chi connectivity index (χ1n) is 4.60. The van der Waals surface area contributed by atoms with E-state index in [0.29, 0.717) is 11.8 Å². The van der Waals surface area contributed by atoms with Gasteiger partial charge in [0.25, 0.3) is 0 Å². The van der Waals surface area contributed by atoms with E-state index in [9.17, 15) is 13.6 Å². The Morgan fingerprint density at radius 3 is 2.88 bits per heavy atom. The number of hydrogen-bond acceptors (Lipinski definition) is 2. The van der Waals surface area contributed by atoms with E-state index in [1.807, 2.05) is 0 Å². The van der Waals surface area contributed by atoms with E-state index >= 15 is 0 Å². The Balaban J connectivity index is 2.26. The summed E-state index contributed by atoms with van der Waals surface area (Å²) >= 11 is 0. The lowest BCUT2D eigenvalue weighted by Gasteiger charge is -2.03. The molecule has 0 atom stereocenters. The summed E-state index contributed by atoms with van der Waals surface area (Å²) in [6.07, 6.45) is 3.48. The molecule has 5 heteroatoms. The van der Waals surface area contributed by atoms with E-state index < -0.39 is 11.6 Å². The molecule has 0 amide bonds. The molecule has 0 aliphatic rings. The van der Waals surface area contributed by atoms with Crippen LogP contribution < -0.4 is 0 Å². The Kier molecular flexibility index (Phi) is 2.76. The Morgan fingerprint density at radius 2 is 2.19 bits per heavy atom. The van der Waals surface area contributed by atoms with E-state index in [0.717, 1.165) is 18.2 Å². The first-order valence-corrected chi connectivity index (χ1v) is 4.60. The Morgan fingerprint density at radius 1 is 1.38 bits per heavy atom. The van der Waals surface area contributed by atoms with Gasteiger partial charge in [0.05, 0.1) is 18.3 Å². The van der Waals surface area contributed by atoms with Crippen molar-refractivity contribution in [3.8, 4) is 0 Å². The average molecular weight is 222 g/mol. The highest BCUT2D eigenvalue weighted by Crippen LogP contribution is 2.11. The highest BCUT2D eigenvalue weighted by molar-refractivity contribution is 5.73. The van der Waals surface area contributed by atoms with Crippen LogP contribution in [0.1, 0.15) is 15.9 Å². The van der Waals surface area contributed by atoms with Gasteiger partial charge in [-0.25, -0.2) is 8.78 Å². The van der Waals surface area contributed by atoms with E-state index in [2.05, 4.69) is 5.10 Å². The molecule has 16 heavy (non-hydrogen) atoms. The van der Waals surface area contributed by atoms with Gasteiger partial charge in [0.15, 0.2) is 6.29 Å². The second-order valence-electron chi connectivity index (χ2n) is 3.32. The van der Waals surface area contributed by atoms with E-state index in [-0.39, 0.29) is 12.1 Å². The van der Waals surface area contributed by atoms with Crippen LogP contribution >= 0.6 is 0 Å². The van der Waals surface area contributed by atoms with Crippen LogP contribution in [0.4, 0.5) is 8.78 Å². The van der Waals surface area contributed by atoms with Crippen LogP contribution in [-0.2, 0) is 6.54 Å². The molecule has 0 aliphatic heterocycles. The molecule has 0 aliphatic carbocycles. The lowest BCUT2D eigenvalue weighted by Crippen LogP contribution is -2.02. The fourth-order valence-corrected chi connectivity index (χ4v) is 1.37. The number of benzene rings is 1. The average Bonchev–Trinajstić information content (AvgIpc) is 2.71. The normalized spacial score (nSPS) is 10.4. The molecular formula is C11H8F2N2O. The molecule has 0 spiro atoms. The first-order chi connectivity index (χ1) is 7.69. The molecule has 0 radical (unpaired) electrons. The van der Waals surface area contributed by atoms with Gasteiger partial charge in [-0.3, -0.25) is 9.48 Å². The molecule has 2 rings (SSSR count). The van der Waals surface area contributed by atoms with E-state index in [4.69, 9.17) is 0 Å². The maximum atomic E-state index is 13.3. The van der Waals surface area contributed by atoms with Gasteiger partial charge in [-0.2, -0.15) is 5.10 Å². The highest BCUT2D eigenvalue weighted by Gasteiger charge is 2.05. The number of aldehydes is 1. The van der Waals surface area contributed by atoms with Crippen LogP contribution in [0.25, 0.3) is 0 Å². The van der Waals surface area contributed by atoms with Gasteiger partial charge in [-0.15, -0.1) is 0 Å². The molecule has 0 fully saturated rings. The minimum Gasteiger partial charge on any atom is -0.298 e. The fraction of sp³-hybridized carbons (Fsp3) is 0.0909. The summed E-state index contributed by atoms with van der Waals surface area (Å²) in [6.45, 7) is 0.0947. The van der Waals surface area contributed by atoms with Crippen LogP contribution in [0.15, 0.2) is 30.6 Å². The topological polar surface area (TPSA) is 34.9 Å². The SMILES string of the molecule is O=Cc1cnn(Cc2cc(F)ccc2F)c1. The van der Waals surface area contributed by atoms with Crippen molar-refractivity contribution >= 4 is 6.29 Å². The van der Waals surface area contributed by atoms with Crippen molar-refractivity contribution in [3.63, 3.8) is 0 Å². The number of rotatable bonds is 3. The second kappa shape index (κ2) is 4.22. The third kappa shape index (κ3) is 2.13. The fourth-order valence-electron chi connectivity index (χ4n) is 1.37. The van der Waals surface area contributed by atoms with Crippen molar-refractivity contribution in [1.29, 1.82) is 0 Å². The lowest BCUT2D eigenvalue weighted by molar-refractivity contribution is 0.112. The number of aromatic nitrogens is 2. The van der Waals surface area contributed by atoms with Crippen LogP contribution in [0.2, 0.25) is 0 Å². The highest BCUT2D eigenvalue weighted by atomic mass is 19.1. The molecule has 2 aromatic rings. The summed E-state index contributed by atoms with van der Waals surface area (Å²) in [5.41, 5.74) is 0.595. The molecule has 1 heterocycles. The summed E-state index contributed by atoms with van der Waals surface area (Å²) in [6, 6.07) is 3.23. The largest absolute Gasteiger partial charge is 0.298 e. The Labute approximate surface area is 90.3 Å². The zero-order valence-corrected chi connectivity index (χ0v) is 8.23. The van der Waals surface area contributed by atoms with Crippen LogP contribution in [0.5, 0.6) is 0 Å². The van der Waals surface area contributed by atoms with Gasteiger partial charge < -0.3 is 0 Å². The molecule has 0 saturated heterocycles. The van der Waals surface area contributed by atoms with Gasteiger partial charge in [-0.1, -0.05) is 0 Å². The van der Waals surface area contributed by atoms with Crippen molar-refractivity contribution in [3.05, 3.63) is 53.4 Å². The summed E-state index contributed by atoms with van der Waals surface area (Å²) < 4.78 is 27.5. The first kappa shape index (κ1) is 10.5. The summed E-state index contributed by atoms with van der Waals surface area (Å²) in [5.74, 6) is -0.997. The number of nitrogens with zero attached hydrogens (tertiary/aromatic N) is 2. The van der Waals surface area contributed by atoms with E-state index in [1.54, 1.807) is 0 Å². The third-order valence-electron chi connectivity index (χ3n) is 2.13. The Hall–Kier alpha value is -2.04. The van der Waals surface area contributed by atoms with Crippen molar-refractivity contribution in [1.82, 2.24) is 9.78 Å². The zero-order chi connectivity index (χ0) is 11.5. The molecular weight excluding hydrogens is 214 g/mol. The molecule has 0 N–H and O–H groups in total. The molecule has 3 nitrogen and oxygen atoms in total. The minimum absolute atomic E-state index is 0.0947. The van der Waals surface area contributed by atoms with E-state index in [1.165, 1.54) is 17.1 Å². The van der Waals surface area contributed by atoms with Gasteiger partial charge >= 0.3 is 0 Å². The predicted molar refractivity (Wildman–Crippen MR) is 53.1 cm³/mol. The number of halogens is 2. The molecule has 1 aromatic heterocycles. The van der Waals surface area contributed by atoms with Gasteiger partial charge in [-0.05, 0) is 18.2 Å². The standard InChI is InChI=1S/C11H8F2N2O/c12-10-1-2-11(13)9(3-10)6-15-5-8(7-16)4-14-15/h1-5,7H,6H2. The maximum Gasteiger partial charge on any atom is 0.153 e. The predicted octanol–water partition coefficient (Wildman–Crippen LogP) is 2.02. The van der Waals surface area contributed by atoms with Gasteiger partial charge in [0.2, 0.25) is 0 Å². The second-order valence-corrected chi connectivity index (χ2v) is 3.32. The van der Waals surface area contributed by atoms with Crippen molar-refractivity contribution in [2.24, 2.45) is 0 Å². The molecule has 0 bridgehead atoms. The molecule has 82 valence electrons. The van der Waals surface area contributed by atoms with Crippen LogP contribution in [-0.4, -0.2) is 16.1 Å². The number of hydrogen-bond donors (Lipinski definition) is 0. The van der Waals surface area contributed by atoms with Gasteiger partial charge in [0, 0.05) is 11.8 Å². The summed E-state index contributed by atoms with van der Waals surface area (Å²) in [4.78, 5) is 10.4. The third-order valence-corrected chi connectivity index (χ3v) is 2.13. The number of carbonyl (C=O) groups is 1. The molecule has 0 saturated carbocycles. The van der Waals surface area contributed by atoms with Crippen molar-refractivity contribution in [2.45, 2.75) is 6.54 Å². The maximum absolute atomic E-state index is 13.3. The van der Waals surface area contributed by atoms with Crippen molar-refractivity contribution in [2.75, 3.05) is 0 Å². The zero-order valence-electron chi connectivity index (χ0n) is 8.23. The van der Waals surface area contributed by atoms with Crippen LogP contribution in [0.3, 0.4) is 0 Å². The number of carbonyl (C=O) groups excluding carboxylic acids is 1. The summed E-state index contributed by atoms with van der Waals surface area (Å²) in [5, 5.41) is 3.85. The summed E-state index contributed by atoms with van der Waals surface area (Å²) in [7, 11) is 0. The molecule has 1 aromatic carbocycles.